The average molecular weight is 100 g/mol. The highest BCUT2D eigenvalue weighted by molar-refractivity contribution is 4.86. The summed E-state index contributed by atoms with van der Waals surface area (Å²) < 4.78 is 0. The summed E-state index contributed by atoms with van der Waals surface area (Å²) >= 11 is 0. The summed E-state index contributed by atoms with van der Waals surface area (Å²) in [4.78, 5) is 2.32. The standard InChI is InChI=1S/C5H12N2/c1-6-3-5-4-7(5)2/h5-6H,3-4H2,1-2H3. The van der Waals surface area contributed by atoms with Crippen LogP contribution in [0.1, 0.15) is 0 Å². The first kappa shape index (κ1) is 5.06. The molecule has 2 atom stereocenters. The summed E-state index contributed by atoms with van der Waals surface area (Å²) in [5, 5.41) is 3.12. The lowest BCUT2D eigenvalue weighted by molar-refractivity contribution is 0.591. The second-order valence-corrected chi connectivity index (χ2v) is 2.15. The molecular formula is C5H12N2. The monoisotopic (exact) mass is 100 g/mol. The Morgan fingerprint density at radius 2 is 2.43 bits per heavy atom. The van der Waals surface area contributed by atoms with Crippen LogP contribution in [0.5, 0.6) is 0 Å². The van der Waals surface area contributed by atoms with Gasteiger partial charge in [0.15, 0.2) is 0 Å². The highest BCUT2D eigenvalue weighted by atomic mass is 15.3. The van der Waals surface area contributed by atoms with E-state index in [2.05, 4.69) is 17.3 Å². The molecule has 42 valence electrons. The van der Waals surface area contributed by atoms with Crippen molar-refractivity contribution in [1.82, 2.24) is 10.2 Å². The van der Waals surface area contributed by atoms with Crippen LogP contribution in [-0.4, -0.2) is 38.1 Å². The first-order chi connectivity index (χ1) is 3.34. The number of nitrogens with zero attached hydrogens (tertiary/aromatic N) is 1. The molecule has 0 aromatic heterocycles. The van der Waals surface area contributed by atoms with Crippen molar-refractivity contribution < 1.29 is 0 Å². The average Bonchev–Trinajstić information content (AvgIpc) is 2.22. The summed E-state index contributed by atoms with van der Waals surface area (Å²) in [6, 6.07) is 0.838. The van der Waals surface area contributed by atoms with E-state index in [1.807, 2.05) is 7.05 Å². The predicted molar refractivity (Wildman–Crippen MR) is 30.3 cm³/mol. The van der Waals surface area contributed by atoms with E-state index in [0.717, 1.165) is 12.6 Å². The number of nitrogens with one attached hydrogen (secondary N) is 1. The highest BCUT2D eigenvalue weighted by Crippen LogP contribution is 2.10. The first-order valence-electron chi connectivity index (χ1n) is 2.69. The smallest absolute Gasteiger partial charge is 0.0345 e. The van der Waals surface area contributed by atoms with Crippen LogP contribution in [0.25, 0.3) is 0 Å². The second-order valence-electron chi connectivity index (χ2n) is 2.15. The molecule has 0 spiro atoms. The third-order valence-corrected chi connectivity index (χ3v) is 1.43. The van der Waals surface area contributed by atoms with Crippen molar-refractivity contribution in [2.75, 3.05) is 27.2 Å². The van der Waals surface area contributed by atoms with E-state index in [9.17, 15) is 0 Å². The van der Waals surface area contributed by atoms with Gasteiger partial charge in [-0.1, -0.05) is 0 Å². The van der Waals surface area contributed by atoms with Gasteiger partial charge in [-0.2, -0.15) is 0 Å². The summed E-state index contributed by atoms with van der Waals surface area (Å²) in [5.74, 6) is 0. The molecule has 1 saturated heterocycles. The molecule has 1 fully saturated rings. The molecule has 1 N–H and O–H groups in total. The van der Waals surface area contributed by atoms with Crippen LogP contribution in [0.4, 0.5) is 0 Å². The van der Waals surface area contributed by atoms with E-state index in [0.29, 0.717) is 0 Å². The van der Waals surface area contributed by atoms with E-state index in [-0.39, 0.29) is 0 Å². The van der Waals surface area contributed by atoms with E-state index in [1.54, 1.807) is 0 Å². The van der Waals surface area contributed by atoms with Crippen molar-refractivity contribution >= 4 is 0 Å². The quantitative estimate of drug-likeness (QED) is 0.471. The van der Waals surface area contributed by atoms with Crippen molar-refractivity contribution in [3.05, 3.63) is 0 Å². The van der Waals surface area contributed by atoms with Gasteiger partial charge in [-0.3, -0.25) is 4.90 Å². The van der Waals surface area contributed by atoms with Gasteiger partial charge in [-0.25, -0.2) is 0 Å². The van der Waals surface area contributed by atoms with Gasteiger partial charge in [0.2, 0.25) is 0 Å². The Morgan fingerprint density at radius 3 is 2.57 bits per heavy atom. The Kier molecular flexibility index (Phi) is 1.30. The van der Waals surface area contributed by atoms with Gasteiger partial charge in [0.25, 0.3) is 0 Å². The fraction of sp³-hybridized carbons (Fsp3) is 1.00. The summed E-state index contributed by atoms with van der Waals surface area (Å²) in [6.07, 6.45) is 0. The molecule has 0 amide bonds. The third kappa shape index (κ3) is 1.14. The Balaban J connectivity index is 1.98. The van der Waals surface area contributed by atoms with E-state index in [4.69, 9.17) is 0 Å². The van der Waals surface area contributed by atoms with Crippen LogP contribution in [0.15, 0.2) is 0 Å². The molecule has 0 bridgehead atoms. The van der Waals surface area contributed by atoms with Gasteiger partial charge in [-0.15, -0.1) is 0 Å². The zero-order chi connectivity index (χ0) is 5.28. The number of rotatable bonds is 2. The molecule has 0 aromatic carbocycles. The molecule has 1 rings (SSSR count). The van der Waals surface area contributed by atoms with Crippen LogP contribution in [0.3, 0.4) is 0 Å². The number of hydrogen-bond donors (Lipinski definition) is 1. The Morgan fingerprint density at radius 1 is 1.86 bits per heavy atom. The van der Waals surface area contributed by atoms with Crippen LogP contribution in [0, 0.1) is 0 Å². The molecule has 0 saturated carbocycles. The lowest BCUT2D eigenvalue weighted by atomic mass is 10.5. The first-order valence-corrected chi connectivity index (χ1v) is 2.69. The van der Waals surface area contributed by atoms with Gasteiger partial charge in [0.1, 0.15) is 0 Å². The van der Waals surface area contributed by atoms with E-state index in [1.165, 1.54) is 6.54 Å². The zero-order valence-electron chi connectivity index (χ0n) is 4.94. The molecule has 7 heavy (non-hydrogen) atoms. The molecule has 0 aliphatic carbocycles. The van der Waals surface area contributed by atoms with Gasteiger partial charge in [0, 0.05) is 19.1 Å². The van der Waals surface area contributed by atoms with Crippen molar-refractivity contribution in [3.8, 4) is 0 Å². The van der Waals surface area contributed by atoms with Crippen molar-refractivity contribution in [3.63, 3.8) is 0 Å². The van der Waals surface area contributed by atoms with Crippen LogP contribution < -0.4 is 5.32 Å². The molecule has 2 unspecified atom stereocenters. The topological polar surface area (TPSA) is 15.0 Å². The predicted octanol–water partition coefficient (Wildman–Crippen LogP) is -0.480. The van der Waals surface area contributed by atoms with Crippen LogP contribution in [-0.2, 0) is 0 Å². The summed E-state index contributed by atoms with van der Waals surface area (Å²) in [7, 11) is 4.13. The summed E-state index contributed by atoms with van der Waals surface area (Å²) in [6.45, 7) is 2.43. The minimum atomic E-state index is 0.838. The molecular weight excluding hydrogens is 88.1 g/mol. The van der Waals surface area contributed by atoms with Crippen molar-refractivity contribution in [1.29, 1.82) is 0 Å². The highest BCUT2D eigenvalue weighted by Gasteiger charge is 2.27. The lowest BCUT2D eigenvalue weighted by Gasteiger charge is -1.91. The Bertz CT molecular complexity index is 63.1. The zero-order valence-corrected chi connectivity index (χ0v) is 4.94. The van der Waals surface area contributed by atoms with Gasteiger partial charge >= 0.3 is 0 Å². The maximum Gasteiger partial charge on any atom is 0.0345 e. The largest absolute Gasteiger partial charge is 0.318 e. The summed E-state index contributed by atoms with van der Waals surface area (Å²) in [5.41, 5.74) is 0. The fourth-order valence-corrected chi connectivity index (χ4v) is 0.741. The van der Waals surface area contributed by atoms with Crippen LogP contribution >= 0.6 is 0 Å². The van der Waals surface area contributed by atoms with E-state index >= 15 is 0 Å². The van der Waals surface area contributed by atoms with E-state index < -0.39 is 0 Å². The number of likely N-dealkylation sites (N-methyl/N-ethyl adjacent to an activating group) is 2. The van der Waals surface area contributed by atoms with Gasteiger partial charge < -0.3 is 5.32 Å². The van der Waals surface area contributed by atoms with Crippen molar-refractivity contribution in [2.45, 2.75) is 6.04 Å². The SMILES string of the molecule is CNCC1CN1C. The normalized spacial score (nSPS) is 38.6. The molecule has 1 aliphatic heterocycles. The number of hydrogen-bond acceptors (Lipinski definition) is 2. The maximum atomic E-state index is 3.12. The molecule has 0 radical (unpaired) electrons. The Labute approximate surface area is 44.5 Å². The third-order valence-electron chi connectivity index (χ3n) is 1.43. The fourth-order valence-electron chi connectivity index (χ4n) is 0.741. The molecule has 1 aliphatic rings. The molecule has 1 heterocycles. The van der Waals surface area contributed by atoms with Gasteiger partial charge in [0.05, 0.1) is 0 Å². The molecule has 2 heteroatoms. The molecule has 0 aromatic rings. The maximum absolute atomic E-state index is 3.12. The lowest BCUT2D eigenvalue weighted by Crippen LogP contribution is -2.15. The van der Waals surface area contributed by atoms with Gasteiger partial charge in [-0.05, 0) is 14.1 Å². The van der Waals surface area contributed by atoms with Crippen LogP contribution in [0.2, 0.25) is 0 Å². The second kappa shape index (κ2) is 1.80. The minimum absolute atomic E-state index is 0.838. The van der Waals surface area contributed by atoms with Crippen molar-refractivity contribution in [2.24, 2.45) is 0 Å². The minimum Gasteiger partial charge on any atom is -0.318 e. The Hall–Kier alpha value is -0.0800. The molecule has 2 nitrogen and oxygen atoms in total.